The normalized spacial score (nSPS) is 12.7. The van der Waals surface area contributed by atoms with Gasteiger partial charge in [-0.05, 0) is 12.5 Å². The van der Waals surface area contributed by atoms with Gasteiger partial charge in [0.25, 0.3) is 5.56 Å². The summed E-state index contributed by atoms with van der Waals surface area (Å²) >= 11 is 0. The summed E-state index contributed by atoms with van der Waals surface area (Å²) in [6.45, 7) is 1.91. The Balaban J connectivity index is 2.22. The Morgan fingerprint density at radius 1 is 1.32 bits per heavy atom. The van der Waals surface area contributed by atoms with Crippen molar-refractivity contribution in [1.29, 1.82) is 0 Å². The van der Waals surface area contributed by atoms with E-state index < -0.39 is 0 Å². The Kier molecular flexibility index (Phi) is 2.56. The molecule has 0 spiro atoms. The van der Waals surface area contributed by atoms with Crippen LogP contribution < -0.4 is 11.3 Å². The van der Waals surface area contributed by atoms with Crippen molar-refractivity contribution >= 4 is 17.1 Å². The summed E-state index contributed by atoms with van der Waals surface area (Å²) in [5.41, 5.74) is 7.39. The number of H-pyrrole nitrogens is 1. The van der Waals surface area contributed by atoms with Crippen LogP contribution in [0.15, 0.2) is 41.5 Å². The lowest BCUT2D eigenvalue weighted by Gasteiger charge is -2.17. The van der Waals surface area contributed by atoms with Crippen molar-refractivity contribution in [3.63, 3.8) is 0 Å². The number of nitrogens with one attached hydrogen (secondary N) is 1. The molecule has 0 aliphatic rings. The third-order valence-electron chi connectivity index (χ3n) is 3.19. The van der Waals surface area contributed by atoms with Gasteiger partial charge in [0.2, 0.25) is 5.95 Å². The number of hydrogen-bond acceptors (Lipinski definition) is 4. The molecule has 1 unspecified atom stereocenters. The minimum Gasteiger partial charge on any atom is -0.369 e. The first-order chi connectivity index (χ1) is 9.18. The van der Waals surface area contributed by atoms with E-state index in [0.717, 1.165) is 5.56 Å². The van der Waals surface area contributed by atoms with E-state index in [-0.39, 0.29) is 17.5 Å². The third-order valence-corrected chi connectivity index (χ3v) is 3.19. The van der Waals surface area contributed by atoms with Gasteiger partial charge < -0.3 is 10.7 Å². The number of aromatic amines is 1. The molecule has 6 nitrogen and oxygen atoms in total. The fourth-order valence-corrected chi connectivity index (χ4v) is 2.17. The maximum Gasteiger partial charge on any atom is 0.281 e. The summed E-state index contributed by atoms with van der Waals surface area (Å²) in [7, 11) is 0. The number of fused-ring (bicyclic) bond motifs is 1. The highest BCUT2D eigenvalue weighted by Gasteiger charge is 2.16. The van der Waals surface area contributed by atoms with Crippen LogP contribution in [-0.4, -0.2) is 19.5 Å². The molecule has 0 aliphatic heterocycles. The summed E-state index contributed by atoms with van der Waals surface area (Å²) in [4.78, 5) is 23.3. The van der Waals surface area contributed by atoms with E-state index >= 15 is 0 Å². The van der Waals surface area contributed by atoms with Crippen LogP contribution in [0.5, 0.6) is 0 Å². The molecular weight excluding hydrogens is 242 g/mol. The molecule has 3 aromatic rings. The molecule has 1 aromatic carbocycles. The predicted molar refractivity (Wildman–Crippen MR) is 72.8 cm³/mol. The lowest BCUT2D eigenvalue weighted by molar-refractivity contribution is 0.619. The molecule has 0 radical (unpaired) electrons. The van der Waals surface area contributed by atoms with Crippen LogP contribution in [0.3, 0.4) is 0 Å². The van der Waals surface area contributed by atoms with Gasteiger partial charge in [0.1, 0.15) is 0 Å². The number of aromatic nitrogens is 4. The number of nitrogens with zero attached hydrogens (tertiary/aromatic N) is 3. The molecule has 0 aliphatic carbocycles. The van der Waals surface area contributed by atoms with Crippen molar-refractivity contribution in [1.82, 2.24) is 19.5 Å². The maximum absolute atomic E-state index is 12.4. The van der Waals surface area contributed by atoms with E-state index in [2.05, 4.69) is 15.0 Å². The number of hydrogen-bond donors (Lipinski definition) is 2. The zero-order valence-corrected chi connectivity index (χ0v) is 10.4. The minimum atomic E-state index is -0.212. The second-order valence-electron chi connectivity index (χ2n) is 4.33. The molecule has 96 valence electrons. The largest absolute Gasteiger partial charge is 0.369 e. The van der Waals surface area contributed by atoms with Crippen molar-refractivity contribution in [2.45, 2.75) is 13.0 Å². The van der Waals surface area contributed by atoms with E-state index in [1.54, 1.807) is 0 Å². The number of imidazole rings is 1. The molecule has 1 atom stereocenters. The molecule has 3 N–H and O–H groups in total. The Morgan fingerprint density at radius 2 is 2.05 bits per heavy atom. The van der Waals surface area contributed by atoms with Crippen molar-refractivity contribution in [2.24, 2.45) is 0 Å². The van der Waals surface area contributed by atoms with Gasteiger partial charge in [0.15, 0.2) is 11.2 Å². The summed E-state index contributed by atoms with van der Waals surface area (Å²) in [6, 6.07) is 9.50. The monoisotopic (exact) mass is 255 g/mol. The maximum atomic E-state index is 12.4. The van der Waals surface area contributed by atoms with Gasteiger partial charge in [-0.1, -0.05) is 30.3 Å². The molecular formula is C13H13N5O. The van der Waals surface area contributed by atoms with Crippen molar-refractivity contribution in [3.8, 4) is 0 Å². The molecule has 0 saturated heterocycles. The molecule has 0 saturated carbocycles. The van der Waals surface area contributed by atoms with Crippen LogP contribution in [-0.2, 0) is 0 Å². The predicted octanol–water partition coefficient (Wildman–Crippen LogP) is 1.31. The first kappa shape index (κ1) is 11.5. The van der Waals surface area contributed by atoms with Crippen molar-refractivity contribution in [3.05, 3.63) is 52.6 Å². The highest BCUT2D eigenvalue weighted by Crippen LogP contribution is 2.18. The second-order valence-corrected chi connectivity index (χ2v) is 4.33. The number of rotatable bonds is 2. The van der Waals surface area contributed by atoms with Gasteiger partial charge in [0, 0.05) is 0 Å². The summed E-state index contributed by atoms with van der Waals surface area (Å²) in [5, 5.41) is 0. The van der Waals surface area contributed by atoms with Gasteiger partial charge in [-0.3, -0.25) is 9.36 Å². The minimum absolute atomic E-state index is 0.168. The van der Waals surface area contributed by atoms with Gasteiger partial charge in [0.05, 0.1) is 12.4 Å². The van der Waals surface area contributed by atoms with E-state index in [4.69, 9.17) is 5.73 Å². The van der Waals surface area contributed by atoms with Gasteiger partial charge in [-0.15, -0.1) is 0 Å². The molecule has 0 amide bonds. The Bertz CT molecular complexity index is 775. The summed E-state index contributed by atoms with van der Waals surface area (Å²) in [6.07, 6.45) is 1.44. The zero-order valence-electron chi connectivity index (χ0n) is 10.4. The number of nitrogen functional groups attached to an aromatic ring is 1. The first-order valence-corrected chi connectivity index (χ1v) is 5.94. The number of nitrogens with two attached hydrogens (primary N) is 1. The van der Waals surface area contributed by atoms with Crippen LogP contribution in [0.2, 0.25) is 0 Å². The van der Waals surface area contributed by atoms with Crippen LogP contribution in [0.25, 0.3) is 11.2 Å². The van der Waals surface area contributed by atoms with Crippen LogP contribution in [0, 0.1) is 0 Å². The smallest absolute Gasteiger partial charge is 0.281 e. The van der Waals surface area contributed by atoms with Crippen LogP contribution in [0.4, 0.5) is 5.95 Å². The van der Waals surface area contributed by atoms with Crippen molar-refractivity contribution in [2.75, 3.05) is 5.73 Å². The van der Waals surface area contributed by atoms with Crippen LogP contribution >= 0.6 is 0 Å². The Hall–Kier alpha value is -2.63. The first-order valence-electron chi connectivity index (χ1n) is 5.94. The number of anilines is 1. The fraction of sp³-hybridized carbons (Fsp3) is 0.154. The standard InChI is InChI=1S/C13H13N5O/c1-8(9-5-3-2-4-6-9)18-12(19)10-11(16-7-15-10)17-13(18)14/h2-8H,1H3,(H2,14,17)(H,15,16). The quantitative estimate of drug-likeness (QED) is 0.722. The van der Waals surface area contributed by atoms with Crippen LogP contribution in [0.1, 0.15) is 18.5 Å². The van der Waals surface area contributed by atoms with E-state index in [1.807, 2.05) is 37.3 Å². The van der Waals surface area contributed by atoms with Gasteiger partial charge >= 0.3 is 0 Å². The van der Waals surface area contributed by atoms with Gasteiger partial charge in [-0.25, -0.2) is 4.98 Å². The molecule has 6 heteroatoms. The number of benzene rings is 1. The van der Waals surface area contributed by atoms with Gasteiger partial charge in [-0.2, -0.15) is 4.98 Å². The Labute approximate surface area is 108 Å². The lowest BCUT2D eigenvalue weighted by Crippen LogP contribution is -2.27. The highest BCUT2D eigenvalue weighted by molar-refractivity contribution is 5.69. The Morgan fingerprint density at radius 3 is 2.79 bits per heavy atom. The highest BCUT2D eigenvalue weighted by atomic mass is 16.1. The average Bonchev–Trinajstić information content (AvgIpc) is 2.88. The van der Waals surface area contributed by atoms with E-state index in [1.165, 1.54) is 10.9 Å². The average molecular weight is 255 g/mol. The molecule has 3 rings (SSSR count). The zero-order chi connectivity index (χ0) is 13.4. The summed E-state index contributed by atoms with van der Waals surface area (Å²) < 4.78 is 1.47. The molecule has 0 bridgehead atoms. The topological polar surface area (TPSA) is 89.6 Å². The second kappa shape index (κ2) is 4.24. The molecule has 2 heterocycles. The fourth-order valence-electron chi connectivity index (χ4n) is 2.17. The molecule has 2 aromatic heterocycles. The molecule has 0 fully saturated rings. The lowest BCUT2D eigenvalue weighted by atomic mass is 10.1. The van der Waals surface area contributed by atoms with E-state index in [9.17, 15) is 4.79 Å². The van der Waals surface area contributed by atoms with E-state index in [0.29, 0.717) is 11.2 Å². The SMILES string of the molecule is CC(c1ccccc1)n1c(N)nc2nc[nH]c2c1=O. The summed E-state index contributed by atoms with van der Waals surface area (Å²) in [5.74, 6) is 0.168. The van der Waals surface area contributed by atoms with Crippen molar-refractivity contribution < 1.29 is 0 Å². The molecule has 19 heavy (non-hydrogen) atoms. The third kappa shape index (κ3) is 1.77.